The van der Waals surface area contributed by atoms with E-state index in [1.54, 1.807) is 24.3 Å². The average molecular weight is 425 g/mol. The number of carbonyl (C=O) groups is 1. The van der Waals surface area contributed by atoms with Gasteiger partial charge < -0.3 is 14.5 Å². The molecule has 2 heterocycles. The third kappa shape index (κ3) is 5.02. The zero-order valence-corrected chi connectivity index (χ0v) is 15.8. The molecule has 0 radical (unpaired) electrons. The minimum absolute atomic E-state index is 0.0889. The largest absolute Gasteiger partial charge is 0.484 e. The van der Waals surface area contributed by atoms with Crippen LogP contribution in [0.2, 0.25) is 10.0 Å². The second-order valence-corrected chi connectivity index (χ2v) is 6.45. The van der Waals surface area contributed by atoms with E-state index < -0.39 is 10.8 Å². The Morgan fingerprint density at radius 3 is 2.86 bits per heavy atom. The molecule has 0 atom stereocenters. The monoisotopic (exact) mass is 424 g/mol. The summed E-state index contributed by atoms with van der Waals surface area (Å²) >= 11 is 11.9. The topological polar surface area (TPSA) is 112 Å². The number of hydrogen-bond acceptors (Lipinski definition) is 6. The van der Waals surface area contributed by atoms with Crippen molar-refractivity contribution in [3.63, 3.8) is 0 Å². The number of rotatable bonds is 8. The van der Waals surface area contributed by atoms with Gasteiger partial charge in [0, 0.05) is 11.6 Å². The third-order valence-electron chi connectivity index (χ3n) is 3.61. The normalized spacial score (nSPS) is 10.6. The van der Waals surface area contributed by atoms with Crippen LogP contribution in [0.15, 0.2) is 47.1 Å². The van der Waals surface area contributed by atoms with E-state index in [-0.39, 0.29) is 31.1 Å². The van der Waals surface area contributed by atoms with Gasteiger partial charge in [0.2, 0.25) is 0 Å². The van der Waals surface area contributed by atoms with Crippen molar-refractivity contribution < 1.29 is 18.9 Å². The zero-order chi connectivity index (χ0) is 20.1. The molecule has 3 rings (SSSR count). The van der Waals surface area contributed by atoms with Crippen LogP contribution < -0.4 is 10.1 Å². The molecule has 0 aliphatic carbocycles. The maximum atomic E-state index is 12.1. The molecule has 9 nitrogen and oxygen atoms in total. The lowest BCUT2D eigenvalue weighted by molar-refractivity contribution is -0.385. The van der Waals surface area contributed by atoms with Crippen molar-refractivity contribution in [1.82, 2.24) is 15.1 Å². The number of hydrogen-bond donors (Lipinski definition) is 1. The fourth-order valence-electron chi connectivity index (χ4n) is 2.26. The molecular weight excluding hydrogens is 411 g/mol. The van der Waals surface area contributed by atoms with Gasteiger partial charge in [-0.1, -0.05) is 23.2 Å². The fraction of sp³-hybridized carbons (Fsp3) is 0.176. The van der Waals surface area contributed by atoms with E-state index in [0.29, 0.717) is 21.6 Å². The highest BCUT2D eigenvalue weighted by Crippen LogP contribution is 2.28. The van der Waals surface area contributed by atoms with E-state index >= 15 is 0 Å². The molecule has 1 N–H and O–H groups in total. The highest BCUT2D eigenvalue weighted by atomic mass is 35.5. The number of halogens is 2. The van der Waals surface area contributed by atoms with Gasteiger partial charge in [0.15, 0.2) is 5.76 Å². The zero-order valence-electron chi connectivity index (χ0n) is 14.3. The number of benzene rings is 1. The Balaban J connectivity index is 1.48. The minimum Gasteiger partial charge on any atom is -0.484 e. The number of nitrogens with one attached hydrogen (secondary N) is 1. The Morgan fingerprint density at radius 2 is 2.14 bits per heavy atom. The molecule has 0 aliphatic heterocycles. The summed E-state index contributed by atoms with van der Waals surface area (Å²) < 4.78 is 12.4. The Hall–Kier alpha value is -3.04. The van der Waals surface area contributed by atoms with Gasteiger partial charge in [-0.3, -0.25) is 19.6 Å². The molecule has 28 heavy (non-hydrogen) atoms. The molecule has 0 saturated heterocycles. The lowest BCUT2D eigenvalue weighted by atomic mass is 10.3. The van der Waals surface area contributed by atoms with Crippen LogP contribution in [-0.4, -0.2) is 27.2 Å². The molecule has 2 aromatic heterocycles. The van der Waals surface area contributed by atoms with Crippen LogP contribution in [-0.2, 0) is 13.2 Å². The molecular formula is C17H14Cl2N4O5. The molecule has 1 aromatic carbocycles. The number of carbonyl (C=O) groups excluding carboxylic acids is 1. The lowest BCUT2D eigenvalue weighted by Gasteiger charge is -2.06. The first-order valence-corrected chi connectivity index (χ1v) is 8.79. The maximum absolute atomic E-state index is 12.1. The smallest absolute Gasteiger partial charge is 0.306 e. The van der Waals surface area contributed by atoms with Crippen molar-refractivity contribution in [2.45, 2.75) is 13.2 Å². The molecule has 0 spiro atoms. The summed E-state index contributed by atoms with van der Waals surface area (Å²) in [5.41, 5.74) is -0.109. The fourth-order valence-corrected chi connectivity index (χ4v) is 2.72. The van der Waals surface area contributed by atoms with Gasteiger partial charge in [-0.05, 0) is 30.3 Å². The summed E-state index contributed by atoms with van der Waals surface area (Å²) in [6, 6.07) is 8.00. The highest BCUT2D eigenvalue weighted by molar-refractivity contribution is 6.35. The van der Waals surface area contributed by atoms with E-state index in [0.717, 1.165) is 6.20 Å². The maximum Gasteiger partial charge on any atom is 0.306 e. The highest BCUT2D eigenvalue weighted by Gasteiger charge is 2.13. The molecule has 3 aromatic rings. The molecule has 11 heteroatoms. The van der Waals surface area contributed by atoms with Crippen LogP contribution in [0.25, 0.3) is 0 Å². The third-order valence-corrected chi connectivity index (χ3v) is 4.14. The average Bonchev–Trinajstić information content (AvgIpc) is 3.30. The number of ether oxygens (including phenoxy) is 1. The number of nitro groups is 1. The quantitative estimate of drug-likeness (QED) is 0.435. The van der Waals surface area contributed by atoms with E-state index in [2.05, 4.69) is 10.4 Å². The predicted octanol–water partition coefficient (Wildman–Crippen LogP) is 3.70. The second kappa shape index (κ2) is 8.77. The number of nitrogens with zero attached hydrogens (tertiary/aromatic N) is 3. The molecule has 0 saturated carbocycles. The Morgan fingerprint density at radius 1 is 1.32 bits per heavy atom. The van der Waals surface area contributed by atoms with Crippen molar-refractivity contribution in [2.24, 2.45) is 0 Å². The van der Waals surface area contributed by atoms with Gasteiger partial charge in [-0.2, -0.15) is 5.10 Å². The van der Waals surface area contributed by atoms with Crippen LogP contribution in [0.5, 0.6) is 5.75 Å². The van der Waals surface area contributed by atoms with Crippen LogP contribution in [0.3, 0.4) is 0 Å². The van der Waals surface area contributed by atoms with E-state index in [9.17, 15) is 14.9 Å². The van der Waals surface area contributed by atoms with Crippen molar-refractivity contribution >= 4 is 34.8 Å². The lowest BCUT2D eigenvalue weighted by Crippen LogP contribution is -2.27. The first kappa shape index (κ1) is 19.7. The number of amides is 1. The Bertz CT molecular complexity index is 1000. The van der Waals surface area contributed by atoms with E-state index in [1.807, 2.05) is 0 Å². The summed E-state index contributed by atoms with van der Waals surface area (Å²) in [7, 11) is 0. The molecule has 0 aliphatic rings. The Labute approximate surface area is 168 Å². The molecule has 0 unspecified atom stereocenters. The van der Waals surface area contributed by atoms with Crippen molar-refractivity contribution in [3.05, 3.63) is 74.4 Å². The van der Waals surface area contributed by atoms with Gasteiger partial charge in [0.1, 0.15) is 30.5 Å². The summed E-state index contributed by atoms with van der Waals surface area (Å²) in [4.78, 5) is 22.2. The summed E-state index contributed by atoms with van der Waals surface area (Å²) in [6.07, 6.45) is 2.43. The number of aromatic nitrogens is 2. The Kier molecular flexibility index (Phi) is 6.17. The van der Waals surface area contributed by atoms with Crippen LogP contribution in [0.4, 0.5) is 5.69 Å². The molecule has 1 amide bonds. The predicted molar refractivity (Wildman–Crippen MR) is 101 cm³/mol. The van der Waals surface area contributed by atoms with Gasteiger partial charge in [0.05, 0.1) is 16.5 Å². The van der Waals surface area contributed by atoms with Crippen LogP contribution >= 0.6 is 23.2 Å². The minimum atomic E-state index is -0.536. The van der Waals surface area contributed by atoms with E-state index in [1.165, 1.54) is 16.9 Å². The first-order valence-electron chi connectivity index (χ1n) is 8.04. The van der Waals surface area contributed by atoms with Crippen molar-refractivity contribution in [1.29, 1.82) is 0 Å². The molecule has 0 fully saturated rings. The first-order chi connectivity index (χ1) is 13.4. The SMILES string of the molecule is O=C(NCCn1cc([N+](=O)[O-])cn1)c1ccc(COc2ccc(Cl)cc2Cl)o1. The van der Waals surface area contributed by atoms with Crippen LogP contribution in [0.1, 0.15) is 16.3 Å². The second-order valence-electron chi connectivity index (χ2n) is 5.60. The molecule has 0 bridgehead atoms. The summed E-state index contributed by atoms with van der Waals surface area (Å²) in [5.74, 6) is 0.588. The standard InChI is InChI=1S/C17H14Cl2N4O5/c18-11-1-3-15(14(19)7-11)27-10-13-2-4-16(28-13)17(24)20-5-6-22-9-12(8-21-22)23(25)26/h1-4,7-9H,5-6,10H2,(H,20,24). The summed E-state index contributed by atoms with van der Waals surface area (Å²) in [6.45, 7) is 0.599. The van der Waals surface area contributed by atoms with Crippen molar-refractivity contribution in [2.75, 3.05) is 6.54 Å². The van der Waals surface area contributed by atoms with Gasteiger partial charge in [-0.15, -0.1) is 0 Å². The van der Waals surface area contributed by atoms with Gasteiger partial charge >= 0.3 is 5.69 Å². The van der Waals surface area contributed by atoms with Crippen molar-refractivity contribution in [3.8, 4) is 5.75 Å². The summed E-state index contributed by atoms with van der Waals surface area (Å²) in [5, 5.41) is 18.0. The molecule has 146 valence electrons. The van der Waals surface area contributed by atoms with E-state index in [4.69, 9.17) is 32.4 Å². The van der Waals surface area contributed by atoms with Gasteiger partial charge in [-0.25, -0.2) is 0 Å². The number of furan rings is 1. The van der Waals surface area contributed by atoms with Gasteiger partial charge in [0.25, 0.3) is 5.91 Å². The van der Waals surface area contributed by atoms with Crippen LogP contribution in [0, 0.1) is 10.1 Å².